The molecule has 3 aromatic rings. The zero-order valence-electron chi connectivity index (χ0n) is 20.0. The first-order chi connectivity index (χ1) is 16.5. The lowest BCUT2D eigenvalue weighted by Gasteiger charge is -2.34. The molecule has 0 spiro atoms. The average molecular weight is 515 g/mol. The molecule has 0 bridgehead atoms. The van der Waals surface area contributed by atoms with E-state index in [4.69, 9.17) is 23.2 Å². The van der Waals surface area contributed by atoms with Gasteiger partial charge < -0.3 is 10.2 Å². The normalized spacial score (nSPS) is 12.2. The molecule has 0 saturated heterocycles. The lowest BCUT2D eigenvalue weighted by atomic mass is 9.99. The molecule has 1 N–H and O–H groups in total. The van der Waals surface area contributed by atoms with Gasteiger partial charge >= 0.3 is 0 Å². The van der Waals surface area contributed by atoms with E-state index < -0.39 is 23.3 Å². The summed E-state index contributed by atoms with van der Waals surface area (Å²) in [5.41, 5.74) is 1.16. The highest BCUT2D eigenvalue weighted by atomic mass is 35.5. The van der Waals surface area contributed by atoms with Gasteiger partial charge in [0.2, 0.25) is 11.8 Å². The highest BCUT2D eigenvalue weighted by Crippen LogP contribution is 2.24. The van der Waals surface area contributed by atoms with Crippen LogP contribution in [0.5, 0.6) is 0 Å². The summed E-state index contributed by atoms with van der Waals surface area (Å²) in [4.78, 5) is 28.7. The molecule has 0 aromatic heterocycles. The van der Waals surface area contributed by atoms with Crippen LogP contribution in [0.15, 0.2) is 72.8 Å². The second-order valence-electron chi connectivity index (χ2n) is 9.43. The molecule has 0 saturated carbocycles. The van der Waals surface area contributed by atoms with Gasteiger partial charge in [0.15, 0.2) is 0 Å². The van der Waals surface area contributed by atoms with Crippen LogP contribution in [-0.2, 0) is 29.0 Å². The summed E-state index contributed by atoms with van der Waals surface area (Å²) in [5, 5.41) is 3.63. The number of carbonyl (C=O) groups is 2. The van der Waals surface area contributed by atoms with Crippen molar-refractivity contribution in [3.63, 3.8) is 0 Å². The van der Waals surface area contributed by atoms with Gasteiger partial charge in [0, 0.05) is 34.1 Å². The Balaban J connectivity index is 2.04. The van der Waals surface area contributed by atoms with Crippen LogP contribution in [-0.4, -0.2) is 28.3 Å². The highest BCUT2D eigenvalue weighted by molar-refractivity contribution is 6.31. The molecular weight excluding hydrogens is 486 g/mol. The molecule has 7 heteroatoms. The minimum atomic E-state index is -0.856. The molecule has 184 valence electrons. The maximum atomic E-state index is 14.5. The lowest BCUT2D eigenvalue weighted by molar-refractivity contribution is -0.141. The Labute approximate surface area is 216 Å². The molecular formula is C28H29Cl2FN2O2. The largest absolute Gasteiger partial charge is 0.350 e. The number of nitrogens with one attached hydrogen (secondary N) is 1. The average Bonchev–Trinajstić information content (AvgIpc) is 2.79. The van der Waals surface area contributed by atoms with E-state index >= 15 is 0 Å². The highest BCUT2D eigenvalue weighted by Gasteiger charge is 2.33. The minimum Gasteiger partial charge on any atom is -0.350 e. The fourth-order valence-corrected chi connectivity index (χ4v) is 4.20. The molecule has 4 nitrogen and oxygen atoms in total. The first-order valence-corrected chi connectivity index (χ1v) is 12.1. The Bertz CT molecular complexity index is 1160. The van der Waals surface area contributed by atoms with E-state index in [1.165, 1.54) is 17.0 Å². The monoisotopic (exact) mass is 514 g/mol. The smallest absolute Gasteiger partial charge is 0.243 e. The standard InChI is InChI=1S/C28H29Cl2FN2O2/c1-28(2,3)32-27(35)25(16-19-10-5-4-6-11-19)33(18-20-12-7-8-13-22(20)29)26(34)17-21-23(30)14-9-15-24(21)31/h4-15,25H,16-18H2,1-3H3,(H,32,35)/t25-/m0/s1. The van der Waals surface area contributed by atoms with Crippen LogP contribution in [0.4, 0.5) is 4.39 Å². The fraction of sp³-hybridized carbons (Fsp3) is 0.286. The fourth-order valence-electron chi connectivity index (χ4n) is 3.77. The second-order valence-corrected chi connectivity index (χ2v) is 10.2. The van der Waals surface area contributed by atoms with Gasteiger partial charge in [-0.05, 0) is 50.1 Å². The lowest BCUT2D eigenvalue weighted by Crippen LogP contribution is -2.54. The molecule has 0 aliphatic carbocycles. The summed E-state index contributed by atoms with van der Waals surface area (Å²) in [5.74, 6) is -1.30. The molecule has 3 aromatic carbocycles. The zero-order chi connectivity index (χ0) is 25.6. The Morgan fingerprint density at radius 1 is 0.914 bits per heavy atom. The number of hydrogen-bond acceptors (Lipinski definition) is 2. The van der Waals surface area contributed by atoms with Crippen molar-refractivity contribution in [1.29, 1.82) is 0 Å². The predicted molar refractivity (Wildman–Crippen MR) is 139 cm³/mol. The first-order valence-electron chi connectivity index (χ1n) is 11.4. The third-order valence-corrected chi connectivity index (χ3v) is 6.18. The van der Waals surface area contributed by atoms with Crippen molar-refractivity contribution in [1.82, 2.24) is 10.2 Å². The van der Waals surface area contributed by atoms with Crippen LogP contribution in [0.3, 0.4) is 0 Å². The number of rotatable bonds is 8. The van der Waals surface area contributed by atoms with Crippen molar-refractivity contribution in [2.45, 2.75) is 51.7 Å². The summed E-state index contributed by atoms with van der Waals surface area (Å²) in [6, 6.07) is 20.1. The van der Waals surface area contributed by atoms with Crippen molar-refractivity contribution in [3.05, 3.63) is 105 Å². The van der Waals surface area contributed by atoms with Crippen molar-refractivity contribution < 1.29 is 14.0 Å². The van der Waals surface area contributed by atoms with Crippen LogP contribution < -0.4 is 5.32 Å². The summed E-state index contributed by atoms with van der Waals surface area (Å²) in [6.45, 7) is 5.72. The van der Waals surface area contributed by atoms with Crippen LogP contribution >= 0.6 is 23.2 Å². The minimum absolute atomic E-state index is 0.0830. The van der Waals surface area contributed by atoms with Gasteiger partial charge in [0.05, 0.1) is 6.42 Å². The Morgan fingerprint density at radius 3 is 2.17 bits per heavy atom. The number of hydrogen-bond donors (Lipinski definition) is 1. The summed E-state index contributed by atoms with van der Waals surface area (Å²) in [7, 11) is 0. The van der Waals surface area contributed by atoms with E-state index in [1.54, 1.807) is 24.3 Å². The molecule has 0 fully saturated rings. The Kier molecular flexibility index (Phi) is 8.92. The van der Waals surface area contributed by atoms with Crippen molar-refractivity contribution in [3.8, 4) is 0 Å². The van der Waals surface area contributed by atoms with Gasteiger partial charge in [-0.3, -0.25) is 9.59 Å². The summed E-state index contributed by atoms with van der Waals surface area (Å²) < 4.78 is 14.5. The number of benzene rings is 3. The van der Waals surface area contributed by atoms with Crippen LogP contribution in [0.25, 0.3) is 0 Å². The van der Waals surface area contributed by atoms with Gasteiger partial charge in [0.1, 0.15) is 11.9 Å². The molecule has 0 aliphatic heterocycles. The van der Waals surface area contributed by atoms with Gasteiger partial charge in [-0.25, -0.2) is 4.39 Å². The van der Waals surface area contributed by atoms with E-state index in [2.05, 4.69) is 5.32 Å². The van der Waals surface area contributed by atoms with Gasteiger partial charge in [0.25, 0.3) is 0 Å². The molecule has 2 amide bonds. The molecule has 35 heavy (non-hydrogen) atoms. The van der Waals surface area contributed by atoms with Crippen molar-refractivity contribution in [2.75, 3.05) is 0 Å². The number of nitrogens with zero attached hydrogens (tertiary/aromatic N) is 1. The number of amides is 2. The topological polar surface area (TPSA) is 49.4 Å². The predicted octanol–water partition coefficient (Wildman–Crippen LogP) is 6.23. The van der Waals surface area contributed by atoms with E-state index in [9.17, 15) is 14.0 Å². The molecule has 3 rings (SSSR count). The van der Waals surface area contributed by atoms with Gasteiger partial charge in [-0.15, -0.1) is 0 Å². The zero-order valence-corrected chi connectivity index (χ0v) is 21.5. The number of carbonyl (C=O) groups excluding carboxylic acids is 2. The molecule has 0 aliphatic rings. The van der Waals surface area contributed by atoms with Gasteiger partial charge in [-0.2, -0.15) is 0 Å². The van der Waals surface area contributed by atoms with E-state index in [0.717, 1.165) is 5.56 Å². The van der Waals surface area contributed by atoms with Crippen LogP contribution in [0.1, 0.15) is 37.5 Å². The number of halogens is 3. The third kappa shape index (κ3) is 7.55. The van der Waals surface area contributed by atoms with E-state index in [-0.39, 0.29) is 35.9 Å². The third-order valence-electron chi connectivity index (χ3n) is 5.46. The maximum Gasteiger partial charge on any atom is 0.243 e. The van der Waals surface area contributed by atoms with Crippen LogP contribution in [0, 0.1) is 5.82 Å². The van der Waals surface area contributed by atoms with Crippen molar-refractivity contribution >= 4 is 35.0 Å². The van der Waals surface area contributed by atoms with Crippen molar-refractivity contribution in [2.24, 2.45) is 0 Å². The summed E-state index contributed by atoms with van der Waals surface area (Å²) in [6.07, 6.45) is -0.00596. The quantitative estimate of drug-likeness (QED) is 0.387. The summed E-state index contributed by atoms with van der Waals surface area (Å²) >= 11 is 12.6. The molecule has 1 atom stereocenters. The maximum absolute atomic E-state index is 14.5. The Morgan fingerprint density at radius 2 is 1.54 bits per heavy atom. The second kappa shape index (κ2) is 11.7. The van der Waals surface area contributed by atoms with E-state index in [0.29, 0.717) is 10.6 Å². The van der Waals surface area contributed by atoms with Crippen LogP contribution in [0.2, 0.25) is 10.0 Å². The molecule has 0 radical (unpaired) electrons. The molecule has 0 unspecified atom stereocenters. The first kappa shape index (κ1) is 26.7. The van der Waals surface area contributed by atoms with Gasteiger partial charge in [-0.1, -0.05) is 77.8 Å². The van der Waals surface area contributed by atoms with E-state index in [1.807, 2.05) is 57.2 Å². The Hall–Kier alpha value is -2.89. The molecule has 0 heterocycles. The SMILES string of the molecule is CC(C)(C)NC(=O)[C@H](Cc1ccccc1)N(Cc1ccccc1Cl)C(=O)Cc1c(F)cccc1Cl.